The van der Waals surface area contributed by atoms with E-state index >= 15 is 0 Å². The number of para-hydroxylation sites is 1. The van der Waals surface area contributed by atoms with Crippen LogP contribution in [0.2, 0.25) is 10.0 Å². The van der Waals surface area contributed by atoms with Crippen molar-refractivity contribution >= 4 is 23.2 Å². The van der Waals surface area contributed by atoms with Crippen molar-refractivity contribution in [1.29, 1.82) is 0 Å². The van der Waals surface area contributed by atoms with Gasteiger partial charge < -0.3 is 9.64 Å². The zero-order chi connectivity index (χ0) is 12.3. The van der Waals surface area contributed by atoms with Gasteiger partial charge in [0.05, 0.1) is 10.0 Å². The molecule has 0 fully saturated rings. The van der Waals surface area contributed by atoms with E-state index in [1.165, 1.54) is 0 Å². The van der Waals surface area contributed by atoms with Crippen LogP contribution in [0.3, 0.4) is 0 Å². The summed E-state index contributed by atoms with van der Waals surface area (Å²) in [5.74, 6) is 0.553. The van der Waals surface area contributed by atoms with Gasteiger partial charge in [-0.25, -0.2) is 0 Å². The molecule has 0 aliphatic rings. The highest BCUT2D eigenvalue weighted by Gasteiger charge is 2.23. The monoisotopic (exact) mass is 261 g/mol. The third-order valence-electron chi connectivity index (χ3n) is 1.99. The highest BCUT2D eigenvalue weighted by atomic mass is 35.5. The van der Waals surface area contributed by atoms with Gasteiger partial charge in [0.15, 0.2) is 5.75 Å². The number of likely N-dealkylation sites (N-methyl/N-ethyl adjacent to an activating group) is 1. The van der Waals surface area contributed by atoms with Gasteiger partial charge in [0, 0.05) is 6.54 Å². The molecule has 4 heteroatoms. The lowest BCUT2D eigenvalue weighted by molar-refractivity contribution is 0.0777. The van der Waals surface area contributed by atoms with Crippen LogP contribution in [0.4, 0.5) is 0 Å². The van der Waals surface area contributed by atoms with Crippen LogP contribution in [0, 0.1) is 0 Å². The topological polar surface area (TPSA) is 12.5 Å². The molecule has 0 aromatic heterocycles. The maximum Gasteiger partial charge on any atom is 0.157 e. The van der Waals surface area contributed by atoms with Crippen LogP contribution >= 0.6 is 23.2 Å². The van der Waals surface area contributed by atoms with E-state index < -0.39 is 0 Å². The summed E-state index contributed by atoms with van der Waals surface area (Å²) < 4.78 is 5.87. The first-order valence-corrected chi connectivity index (χ1v) is 5.85. The SMILES string of the molecule is CN(C)CC(C)(C)Oc1c(Cl)cccc1Cl. The molecule has 0 spiro atoms. The van der Waals surface area contributed by atoms with Crippen molar-refractivity contribution in [3.63, 3.8) is 0 Å². The Hall–Kier alpha value is -0.440. The zero-order valence-corrected chi connectivity index (χ0v) is 11.6. The first-order valence-electron chi connectivity index (χ1n) is 5.09. The fraction of sp³-hybridized carbons (Fsp3) is 0.500. The maximum atomic E-state index is 6.05. The van der Waals surface area contributed by atoms with Crippen molar-refractivity contribution in [2.24, 2.45) is 0 Å². The lowest BCUT2D eigenvalue weighted by atomic mass is 10.1. The average molecular weight is 262 g/mol. The second-order valence-corrected chi connectivity index (χ2v) is 5.46. The number of hydrogen-bond donors (Lipinski definition) is 0. The number of benzene rings is 1. The first kappa shape index (κ1) is 13.6. The molecule has 1 rings (SSSR count). The van der Waals surface area contributed by atoms with Crippen molar-refractivity contribution in [3.8, 4) is 5.75 Å². The molecule has 0 amide bonds. The molecule has 0 atom stereocenters. The summed E-state index contributed by atoms with van der Waals surface area (Å²) in [4.78, 5) is 2.06. The predicted octanol–water partition coefficient (Wildman–Crippen LogP) is 3.71. The summed E-state index contributed by atoms with van der Waals surface area (Å²) in [6.07, 6.45) is 0. The predicted molar refractivity (Wildman–Crippen MR) is 69.7 cm³/mol. The summed E-state index contributed by atoms with van der Waals surface area (Å²) in [5.41, 5.74) is -0.335. The van der Waals surface area contributed by atoms with E-state index in [0.29, 0.717) is 15.8 Å². The molecule has 0 bridgehead atoms. The van der Waals surface area contributed by atoms with E-state index in [-0.39, 0.29) is 5.60 Å². The van der Waals surface area contributed by atoms with Crippen molar-refractivity contribution in [1.82, 2.24) is 4.90 Å². The molecule has 0 N–H and O–H groups in total. The van der Waals surface area contributed by atoms with Crippen LogP contribution < -0.4 is 4.74 Å². The van der Waals surface area contributed by atoms with Crippen molar-refractivity contribution in [3.05, 3.63) is 28.2 Å². The summed E-state index contributed by atoms with van der Waals surface area (Å²) >= 11 is 12.1. The minimum absolute atomic E-state index is 0.335. The summed E-state index contributed by atoms with van der Waals surface area (Å²) in [6.45, 7) is 4.80. The molecule has 0 radical (unpaired) electrons. The van der Waals surface area contributed by atoms with Crippen molar-refractivity contribution < 1.29 is 4.74 Å². The molecule has 90 valence electrons. The van der Waals surface area contributed by atoms with E-state index in [1.54, 1.807) is 18.2 Å². The van der Waals surface area contributed by atoms with Gasteiger partial charge >= 0.3 is 0 Å². The third kappa shape index (κ3) is 3.85. The molecule has 1 aromatic carbocycles. The molecule has 0 saturated carbocycles. The number of nitrogens with zero attached hydrogens (tertiary/aromatic N) is 1. The van der Waals surface area contributed by atoms with E-state index in [9.17, 15) is 0 Å². The second-order valence-electron chi connectivity index (χ2n) is 4.65. The van der Waals surface area contributed by atoms with Crippen molar-refractivity contribution in [2.75, 3.05) is 20.6 Å². The van der Waals surface area contributed by atoms with Crippen LogP contribution in [0.5, 0.6) is 5.75 Å². The fourth-order valence-electron chi connectivity index (χ4n) is 1.65. The van der Waals surface area contributed by atoms with Gasteiger partial charge in [0.25, 0.3) is 0 Å². The number of halogens is 2. The molecule has 16 heavy (non-hydrogen) atoms. The lowest BCUT2D eigenvalue weighted by Gasteiger charge is -2.30. The Kier molecular flexibility index (Phi) is 4.48. The molecule has 2 nitrogen and oxygen atoms in total. The largest absolute Gasteiger partial charge is 0.483 e. The van der Waals surface area contributed by atoms with E-state index in [1.807, 2.05) is 27.9 Å². The highest BCUT2D eigenvalue weighted by molar-refractivity contribution is 6.37. The van der Waals surface area contributed by atoms with E-state index in [0.717, 1.165) is 6.54 Å². The molecule has 1 aromatic rings. The average Bonchev–Trinajstić information content (AvgIpc) is 2.09. The number of rotatable bonds is 4. The molecular formula is C12H17Cl2NO. The Morgan fingerprint density at radius 2 is 1.69 bits per heavy atom. The molecular weight excluding hydrogens is 245 g/mol. The van der Waals surface area contributed by atoms with Crippen LogP contribution in [0.1, 0.15) is 13.8 Å². The molecule has 0 aliphatic carbocycles. The summed E-state index contributed by atoms with van der Waals surface area (Å²) in [6, 6.07) is 5.35. The highest BCUT2D eigenvalue weighted by Crippen LogP contribution is 2.34. The van der Waals surface area contributed by atoms with Gasteiger partial charge in [0.2, 0.25) is 0 Å². The Morgan fingerprint density at radius 1 is 1.19 bits per heavy atom. The van der Waals surface area contributed by atoms with E-state index in [2.05, 4.69) is 4.90 Å². The van der Waals surface area contributed by atoms with Crippen LogP contribution in [-0.2, 0) is 0 Å². The van der Waals surface area contributed by atoms with Gasteiger partial charge in [-0.15, -0.1) is 0 Å². The van der Waals surface area contributed by atoms with E-state index in [4.69, 9.17) is 27.9 Å². The third-order valence-corrected chi connectivity index (χ3v) is 2.59. The maximum absolute atomic E-state index is 6.05. The van der Waals surface area contributed by atoms with Crippen molar-refractivity contribution in [2.45, 2.75) is 19.4 Å². The van der Waals surface area contributed by atoms with Crippen LogP contribution in [0.25, 0.3) is 0 Å². The Balaban J connectivity index is 2.87. The zero-order valence-electron chi connectivity index (χ0n) is 10.1. The summed E-state index contributed by atoms with van der Waals surface area (Å²) in [5, 5.41) is 1.08. The normalized spacial score (nSPS) is 11.9. The minimum Gasteiger partial charge on any atom is -0.483 e. The minimum atomic E-state index is -0.335. The van der Waals surface area contributed by atoms with Crippen LogP contribution in [-0.4, -0.2) is 31.1 Å². The Morgan fingerprint density at radius 3 is 2.12 bits per heavy atom. The second kappa shape index (κ2) is 5.26. The number of hydrogen-bond acceptors (Lipinski definition) is 2. The van der Waals surface area contributed by atoms with Gasteiger partial charge in [0.1, 0.15) is 5.60 Å². The smallest absolute Gasteiger partial charge is 0.157 e. The van der Waals surface area contributed by atoms with Gasteiger partial charge in [-0.2, -0.15) is 0 Å². The Labute approximate surface area is 107 Å². The Bertz CT molecular complexity index is 344. The van der Waals surface area contributed by atoms with Gasteiger partial charge in [-0.1, -0.05) is 29.3 Å². The summed E-state index contributed by atoms with van der Waals surface area (Å²) in [7, 11) is 4.00. The molecule has 0 saturated heterocycles. The fourth-order valence-corrected chi connectivity index (χ4v) is 2.12. The number of ether oxygens (including phenoxy) is 1. The first-order chi connectivity index (χ1) is 7.32. The lowest BCUT2D eigenvalue weighted by Crippen LogP contribution is -2.39. The van der Waals surface area contributed by atoms with Gasteiger partial charge in [-0.05, 0) is 40.1 Å². The van der Waals surface area contributed by atoms with Crippen LogP contribution in [0.15, 0.2) is 18.2 Å². The standard InChI is InChI=1S/C12H17Cl2NO/c1-12(2,8-15(3)4)16-11-9(13)6-5-7-10(11)14/h5-7H,8H2,1-4H3. The molecule has 0 unspecified atom stereocenters. The quantitative estimate of drug-likeness (QED) is 0.820. The van der Waals surface area contributed by atoms with Gasteiger partial charge in [-0.3, -0.25) is 0 Å². The molecule has 0 heterocycles. The molecule has 0 aliphatic heterocycles.